The quantitative estimate of drug-likeness (QED) is 0.780. The predicted octanol–water partition coefficient (Wildman–Crippen LogP) is 0.798. The van der Waals surface area contributed by atoms with Crippen molar-refractivity contribution in [1.82, 2.24) is 9.62 Å². The summed E-state index contributed by atoms with van der Waals surface area (Å²) >= 11 is 0. The van der Waals surface area contributed by atoms with E-state index in [0.29, 0.717) is 12.5 Å². The molecule has 0 radical (unpaired) electrons. The lowest BCUT2D eigenvalue weighted by atomic mass is 10.1. The van der Waals surface area contributed by atoms with Crippen LogP contribution in [0.4, 0.5) is 0 Å². The summed E-state index contributed by atoms with van der Waals surface area (Å²) in [5, 5.41) is -0.326. The third-order valence-electron chi connectivity index (χ3n) is 3.57. The maximum absolute atomic E-state index is 11.6. The van der Waals surface area contributed by atoms with Crippen LogP contribution in [0, 0.1) is 5.92 Å². The van der Waals surface area contributed by atoms with Gasteiger partial charge in [-0.2, -0.15) is 0 Å². The van der Waals surface area contributed by atoms with Gasteiger partial charge in [0.05, 0.1) is 5.25 Å². The average molecular weight is 246 g/mol. The van der Waals surface area contributed by atoms with E-state index in [1.807, 2.05) is 0 Å². The average Bonchev–Trinajstić information content (AvgIpc) is 2.95. The Morgan fingerprint density at radius 3 is 2.56 bits per heavy atom. The Morgan fingerprint density at radius 2 is 2.00 bits per heavy atom. The summed E-state index contributed by atoms with van der Waals surface area (Å²) in [4.78, 5) is 2.51. The fraction of sp³-hybridized carbons (Fsp3) is 1.00. The number of rotatable bonds is 5. The van der Waals surface area contributed by atoms with Crippen LogP contribution >= 0.6 is 0 Å². The fourth-order valence-electron chi connectivity index (χ4n) is 2.20. The molecule has 0 aromatic carbocycles. The van der Waals surface area contributed by atoms with Gasteiger partial charge in [0.1, 0.15) is 0 Å². The zero-order valence-corrected chi connectivity index (χ0v) is 11.0. The van der Waals surface area contributed by atoms with E-state index in [1.54, 1.807) is 13.8 Å². The second-order valence-corrected chi connectivity index (χ2v) is 7.64. The van der Waals surface area contributed by atoms with E-state index >= 15 is 0 Å². The molecule has 0 aromatic heterocycles. The van der Waals surface area contributed by atoms with Gasteiger partial charge >= 0.3 is 0 Å². The minimum Gasteiger partial charge on any atom is -0.300 e. The van der Waals surface area contributed by atoms with Crippen molar-refractivity contribution in [1.29, 1.82) is 0 Å². The molecule has 1 N–H and O–H groups in total. The van der Waals surface area contributed by atoms with Crippen LogP contribution in [0.25, 0.3) is 0 Å². The molecule has 0 spiro atoms. The smallest absolute Gasteiger partial charge is 0.213 e. The molecular formula is C11H22N2O2S. The van der Waals surface area contributed by atoms with Gasteiger partial charge in [-0.15, -0.1) is 0 Å². The van der Waals surface area contributed by atoms with Gasteiger partial charge in [-0.3, -0.25) is 0 Å². The highest BCUT2D eigenvalue weighted by Gasteiger charge is 2.34. The lowest BCUT2D eigenvalue weighted by molar-refractivity contribution is 0.314. The molecule has 4 nitrogen and oxygen atoms in total. The Bertz CT molecular complexity index is 336. The molecular weight excluding hydrogens is 224 g/mol. The highest BCUT2D eigenvalue weighted by molar-refractivity contribution is 7.90. The molecule has 0 amide bonds. The molecule has 1 aliphatic heterocycles. The van der Waals surface area contributed by atoms with Crippen molar-refractivity contribution < 1.29 is 8.42 Å². The largest absolute Gasteiger partial charge is 0.300 e. The van der Waals surface area contributed by atoms with E-state index in [-0.39, 0.29) is 5.25 Å². The van der Waals surface area contributed by atoms with Gasteiger partial charge < -0.3 is 4.90 Å². The molecule has 16 heavy (non-hydrogen) atoms. The normalized spacial score (nSPS) is 27.8. The predicted molar refractivity (Wildman–Crippen MR) is 64.8 cm³/mol. The van der Waals surface area contributed by atoms with E-state index in [2.05, 4.69) is 9.62 Å². The molecule has 1 unspecified atom stereocenters. The molecule has 5 heteroatoms. The number of hydrogen-bond acceptors (Lipinski definition) is 3. The maximum atomic E-state index is 11.6. The molecule has 2 aliphatic rings. The lowest BCUT2D eigenvalue weighted by Gasteiger charge is -2.16. The Balaban J connectivity index is 1.75. The Kier molecular flexibility index (Phi) is 3.56. The first-order chi connectivity index (χ1) is 7.49. The van der Waals surface area contributed by atoms with Crippen LogP contribution < -0.4 is 4.72 Å². The molecule has 94 valence electrons. The summed E-state index contributed by atoms with van der Waals surface area (Å²) in [6, 6.07) is 0.812. The van der Waals surface area contributed by atoms with Crippen LogP contribution in [0.3, 0.4) is 0 Å². The number of sulfonamides is 1. The van der Waals surface area contributed by atoms with E-state index in [9.17, 15) is 8.42 Å². The van der Waals surface area contributed by atoms with E-state index in [0.717, 1.165) is 25.6 Å². The van der Waals surface area contributed by atoms with Crippen LogP contribution in [0.15, 0.2) is 0 Å². The van der Waals surface area contributed by atoms with Crippen LogP contribution in [0.2, 0.25) is 0 Å². The second-order valence-electron chi connectivity index (χ2n) is 5.32. The van der Waals surface area contributed by atoms with Gasteiger partial charge in [0.2, 0.25) is 10.0 Å². The number of hydrogen-bond donors (Lipinski definition) is 1. The van der Waals surface area contributed by atoms with Crippen LogP contribution in [0.5, 0.6) is 0 Å². The SMILES string of the molecule is CC(C)S(=O)(=O)NCC1CCN(C2CC2)C1. The Labute approximate surface area is 98.4 Å². The Morgan fingerprint density at radius 1 is 1.31 bits per heavy atom. The minimum atomic E-state index is -3.08. The Hall–Kier alpha value is -0.130. The van der Waals surface area contributed by atoms with E-state index in [4.69, 9.17) is 0 Å². The summed E-state index contributed by atoms with van der Waals surface area (Å²) in [7, 11) is -3.08. The second kappa shape index (κ2) is 4.63. The zero-order chi connectivity index (χ0) is 11.8. The summed E-state index contributed by atoms with van der Waals surface area (Å²) in [5.41, 5.74) is 0. The molecule has 2 rings (SSSR count). The van der Waals surface area contributed by atoms with Gasteiger partial charge in [-0.1, -0.05) is 0 Å². The zero-order valence-electron chi connectivity index (χ0n) is 10.1. The van der Waals surface area contributed by atoms with Crippen molar-refractivity contribution in [2.75, 3.05) is 19.6 Å². The van der Waals surface area contributed by atoms with Gasteiger partial charge in [0.15, 0.2) is 0 Å². The summed E-state index contributed by atoms with van der Waals surface area (Å²) in [6.07, 6.45) is 3.81. The molecule has 0 bridgehead atoms. The summed E-state index contributed by atoms with van der Waals surface area (Å²) in [5.74, 6) is 0.508. The third kappa shape index (κ3) is 2.96. The third-order valence-corrected chi connectivity index (χ3v) is 5.38. The number of nitrogens with one attached hydrogen (secondary N) is 1. The highest BCUT2D eigenvalue weighted by atomic mass is 32.2. The van der Waals surface area contributed by atoms with Crippen LogP contribution in [-0.2, 0) is 10.0 Å². The first-order valence-corrected chi connectivity index (χ1v) is 7.76. The van der Waals surface area contributed by atoms with Crippen molar-refractivity contribution in [2.45, 2.75) is 44.4 Å². The molecule has 1 saturated heterocycles. The van der Waals surface area contributed by atoms with Crippen molar-refractivity contribution in [3.63, 3.8) is 0 Å². The number of nitrogens with zero attached hydrogens (tertiary/aromatic N) is 1. The van der Waals surface area contributed by atoms with Crippen molar-refractivity contribution in [3.05, 3.63) is 0 Å². The first-order valence-electron chi connectivity index (χ1n) is 6.21. The van der Waals surface area contributed by atoms with Gasteiger partial charge in [0.25, 0.3) is 0 Å². The van der Waals surface area contributed by atoms with Crippen molar-refractivity contribution in [3.8, 4) is 0 Å². The fourth-order valence-corrected chi connectivity index (χ4v) is 3.00. The van der Waals surface area contributed by atoms with Crippen LogP contribution in [0.1, 0.15) is 33.1 Å². The number of likely N-dealkylation sites (tertiary alicyclic amines) is 1. The first kappa shape index (κ1) is 12.3. The standard InChI is InChI=1S/C11H22N2O2S/c1-9(2)16(14,15)12-7-10-5-6-13(8-10)11-3-4-11/h9-12H,3-8H2,1-2H3. The minimum absolute atomic E-state index is 0.326. The monoisotopic (exact) mass is 246 g/mol. The van der Waals surface area contributed by atoms with Crippen LogP contribution in [-0.4, -0.2) is 44.2 Å². The maximum Gasteiger partial charge on any atom is 0.213 e. The molecule has 1 aliphatic carbocycles. The molecule has 1 saturated carbocycles. The molecule has 1 atom stereocenters. The molecule has 2 fully saturated rings. The van der Waals surface area contributed by atoms with Gasteiger partial charge in [-0.05, 0) is 45.6 Å². The molecule has 1 heterocycles. The molecule has 0 aromatic rings. The van der Waals surface area contributed by atoms with Gasteiger partial charge in [-0.25, -0.2) is 13.1 Å². The topological polar surface area (TPSA) is 49.4 Å². The summed E-state index contributed by atoms with van der Waals surface area (Å²) < 4.78 is 25.9. The highest BCUT2D eigenvalue weighted by Crippen LogP contribution is 2.31. The van der Waals surface area contributed by atoms with E-state index < -0.39 is 10.0 Å². The van der Waals surface area contributed by atoms with Crippen molar-refractivity contribution >= 4 is 10.0 Å². The lowest BCUT2D eigenvalue weighted by Crippen LogP contribution is -2.35. The summed E-state index contributed by atoms with van der Waals surface area (Å²) in [6.45, 7) is 6.27. The van der Waals surface area contributed by atoms with Crippen molar-refractivity contribution in [2.24, 2.45) is 5.92 Å². The van der Waals surface area contributed by atoms with Gasteiger partial charge in [0, 0.05) is 19.1 Å². The van der Waals surface area contributed by atoms with E-state index in [1.165, 1.54) is 12.8 Å².